The maximum Gasteiger partial charge on any atom is 0.271 e. The monoisotopic (exact) mass is 209 g/mol. The van der Waals surface area contributed by atoms with Crippen molar-refractivity contribution in [2.24, 2.45) is 0 Å². The van der Waals surface area contributed by atoms with E-state index in [1.807, 2.05) is 6.92 Å². The van der Waals surface area contributed by atoms with Crippen molar-refractivity contribution < 1.29 is 9.53 Å². The van der Waals surface area contributed by atoms with Crippen LogP contribution in [0.25, 0.3) is 0 Å². The first-order valence-electron chi connectivity index (χ1n) is 4.86. The molecule has 1 N–H and O–H groups in total. The summed E-state index contributed by atoms with van der Waals surface area (Å²) in [5, 5.41) is 10.2. The van der Waals surface area contributed by atoms with E-state index in [1.165, 1.54) is 0 Å². The molecule has 0 fully saturated rings. The smallest absolute Gasteiger partial charge is 0.271 e. The molecule has 0 bridgehead atoms. The molecule has 0 aliphatic rings. The Labute approximate surface area is 88.9 Å². The molecule has 0 spiro atoms. The van der Waals surface area contributed by atoms with Gasteiger partial charge >= 0.3 is 0 Å². The average molecular weight is 209 g/mol. The summed E-state index contributed by atoms with van der Waals surface area (Å²) in [5.41, 5.74) is 1.35. The third-order valence-electron chi connectivity index (χ3n) is 1.94. The van der Waals surface area contributed by atoms with Gasteiger partial charge in [0.25, 0.3) is 5.91 Å². The van der Waals surface area contributed by atoms with Gasteiger partial charge in [-0.1, -0.05) is 6.92 Å². The van der Waals surface area contributed by atoms with E-state index >= 15 is 0 Å². The number of amides is 1. The lowest BCUT2D eigenvalue weighted by Gasteiger charge is -2.03. The molecule has 1 aromatic rings. The molecule has 5 nitrogen and oxygen atoms in total. The van der Waals surface area contributed by atoms with E-state index in [0.29, 0.717) is 18.8 Å². The first-order valence-corrected chi connectivity index (χ1v) is 4.86. The van der Waals surface area contributed by atoms with Gasteiger partial charge in [-0.15, -0.1) is 5.10 Å². The van der Waals surface area contributed by atoms with Crippen molar-refractivity contribution in [3.05, 3.63) is 23.5 Å². The Hall–Kier alpha value is -1.49. The van der Waals surface area contributed by atoms with Crippen LogP contribution in [0.2, 0.25) is 0 Å². The molecule has 0 radical (unpaired) electrons. The molecular formula is C10H15N3O2. The van der Waals surface area contributed by atoms with Crippen LogP contribution in [0.15, 0.2) is 12.3 Å². The molecule has 82 valence electrons. The van der Waals surface area contributed by atoms with Gasteiger partial charge in [0.15, 0.2) is 5.69 Å². The molecule has 0 saturated carbocycles. The van der Waals surface area contributed by atoms with Gasteiger partial charge < -0.3 is 10.1 Å². The Kier molecular flexibility index (Phi) is 4.70. The lowest BCUT2D eigenvalue weighted by molar-refractivity contribution is 0.0931. The third kappa shape index (κ3) is 3.63. The standard InChI is InChI=1S/C10H15N3O2/c1-3-8-6-9(13-12-7-8)10(14)11-4-5-15-2/h6-7H,3-5H2,1-2H3,(H,11,14). The predicted molar refractivity (Wildman–Crippen MR) is 55.6 cm³/mol. The first-order chi connectivity index (χ1) is 7.27. The van der Waals surface area contributed by atoms with Crippen molar-refractivity contribution in [1.29, 1.82) is 0 Å². The van der Waals surface area contributed by atoms with Crippen LogP contribution >= 0.6 is 0 Å². The number of hydrogen-bond donors (Lipinski definition) is 1. The predicted octanol–water partition coefficient (Wildman–Crippen LogP) is 0.415. The van der Waals surface area contributed by atoms with Crippen molar-refractivity contribution in [3.8, 4) is 0 Å². The second kappa shape index (κ2) is 6.08. The van der Waals surface area contributed by atoms with Crippen LogP contribution in [-0.4, -0.2) is 36.4 Å². The molecule has 0 aromatic carbocycles. The summed E-state index contributed by atoms with van der Waals surface area (Å²) in [6.07, 6.45) is 2.50. The Morgan fingerprint density at radius 1 is 1.60 bits per heavy atom. The first kappa shape index (κ1) is 11.6. The van der Waals surface area contributed by atoms with E-state index in [2.05, 4.69) is 15.5 Å². The molecular weight excluding hydrogens is 194 g/mol. The zero-order chi connectivity index (χ0) is 11.1. The maximum absolute atomic E-state index is 11.5. The Morgan fingerprint density at radius 2 is 2.40 bits per heavy atom. The minimum absolute atomic E-state index is 0.213. The normalized spacial score (nSPS) is 10.0. The number of aromatic nitrogens is 2. The van der Waals surface area contributed by atoms with Crippen LogP contribution in [0.3, 0.4) is 0 Å². The topological polar surface area (TPSA) is 64.1 Å². The van der Waals surface area contributed by atoms with Crippen LogP contribution < -0.4 is 5.32 Å². The van der Waals surface area contributed by atoms with Gasteiger partial charge in [-0.2, -0.15) is 5.10 Å². The lowest BCUT2D eigenvalue weighted by atomic mass is 10.2. The largest absolute Gasteiger partial charge is 0.383 e. The lowest BCUT2D eigenvalue weighted by Crippen LogP contribution is -2.28. The number of nitrogens with zero attached hydrogens (tertiary/aromatic N) is 2. The Bertz CT molecular complexity index is 328. The molecule has 15 heavy (non-hydrogen) atoms. The number of ether oxygens (including phenoxy) is 1. The van der Waals surface area contributed by atoms with Gasteiger partial charge in [0.2, 0.25) is 0 Å². The number of aryl methyl sites for hydroxylation is 1. The van der Waals surface area contributed by atoms with Gasteiger partial charge in [0.1, 0.15) is 0 Å². The Morgan fingerprint density at radius 3 is 3.07 bits per heavy atom. The van der Waals surface area contributed by atoms with E-state index in [9.17, 15) is 4.79 Å². The average Bonchev–Trinajstić information content (AvgIpc) is 2.29. The molecule has 0 aliphatic carbocycles. The fourth-order valence-corrected chi connectivity index (χ4v) is 1.07. The maximum atomic E-state index is 11.5. The molecule has 1 aromatic heterocycles. The summed E-state index contributed by atoms with van der Waals surface area (Å²) >= 11 is 0. The summed E-state index contributed by atoms with van der Waals surface area (Å²) < 4.78 is 4.82. The minimum atomic E-state index is -0.213. The third-order valence-corrected chi connectivity index (χ3v) is 1.94. The highest BCUT2D eigenvalue weighted by Crippen LogP contribution is 2.00. The van der Waals surface area contributed by atoms with Gasteiger partial charge in [-0.3, -0.25) is 4.79 Å². The van der Waals surface area contributed by atoms with Gasteiger partial charge in [-0.25, -0.2) is 0 Å². The summed E-state index contributed by atoms with van der Waals surface area (Å²) in [4.78, 5) is 11.5. The fraction of sp³-hybridized carbons (Fsp3) is 0.500. The highest BCUT2D eigenvalue weighted by molar-refractivity contribution is 5.92. The number of methoxy groups -OCH3 is 1. The number of carbonyl (C=O) groups excluding carboxylic acids is 1. The van der Waals surface area contributed by atoms with Crippen LogP contribution in [-0.2, 0) is 11.2 Å². The quantitative estimate of drug-likeness (QED) is 0.714. The molecule has 1 rings (SSSR count). The van der Waals surface area contributed by atoms with E-state index < -0.39 is 0 Å². The van der Waals surface area contributed by atoms with Gasteiger partial charge in [0.05, 0.1) is 12.8 Å². The van der Waals surface area contributed by atoms with Crippen molar-refractivity contribution in [2.75, 3.05) is 20.3 Å². The van der Waals surface area contributed by atoms with Crippen molar-refractivity contribution in [2.45, 2.75) is 13.3 Å². The summed E-state index contributed by atoms with van der Waals surface area (Å²) in [6, 6.07) is 1.75. The van der Waals surface area contributed by atoms with E-state index in [0.717, 1.165) is 12.0 Å². The second-order valence-corrected chi connectivity index (χ2v) is 3.05. The molecule has 0 atom stereocenters. The number of nitrogens with one attached hydrogen (secondary N) is 1. The van der Waals surface area contributed by atoms with Crippen LogP contribution in [0.1, 0.15) is 23.0 Å². The van der Waals surface area contributed by atoms with Crippen LogP contribution in [0.4, 0.5) is 0 Å². The summed E-state index contributed by atoms with van der Waals surface area (Å²) in [7, 11) is 1.59. The zero-order valence-corrected chi connectivity index (χ0v) is 8.99. The Balaban J connectivity index is 2.57. The van der Waals surface area contributed by atoms with E-state index in [-0.39, 0.29) is 5.91 Å². The van der Waals surface area contributed by atoms with Crippen LogP contribution in [0, 0.1) is 0 Å². The van der Waals surface area contributed by atoms with E-state index in [4.69, 9.17) is 4.74 Å². The molecule has 5 heteroatoms. The highest BCUT2D eigenvalue weighted by atomic mass is 16.5. The second-order valence-electron chi connectivity index (χ2n) is 3.05. The van der Waals surface area contributed by atoms with E-state index in [1.54, 1.807) is 19.4 Å². The summed E-state index contributed by atoms with van der Waals surface area (Å²) in [5.74, 6) is -0.213. The van der Waals surface area contributed by atoms with Gasteiger partial charge in [0, 0.05) is 13.7 Å². The minimum Gasteiger partial charge on any atom is -0.383 e. The zero-order valence-electron chi connectivity index (χ0n) is 8.99. The molecule has 0 aliphatic heterocycles. The van der Waals surface area contributed by atoms with Gasteiger partial charge in [-0.05, 0) is 18.1 Å². The summed E-state index contributed by atoms with van der Waals surface area (Å²) in [6.45, 7) is 2.98. The van der Waals surface area contributed by atoms with Crippen molar-refractivity contribution in [1.82, 2.24) is 15.5 Å². The SMILES string of the molecule is CCc1cnnc(C(=O)NCCOC)c1. The van der Waals surface area contributed by atoms with Crippen molar-refractivity contribution in [3.63, 3.8) is 0 Å². The van der Waals surface area contributed by atoms with Crippen LogP contribution in [0.5, 0.6) is 0 Å². The number of rotatable bonds is 5. The molecule has 1 heterocycles. The van der Waals surface area contributed by atoms with Crippen molar-refractivity contribution >= 4 is 5.91 Å². The molecule has 1 amide bonds. The number of hydrogen-bond acceptors (Lipinski definition) is 4. The fourth-order valence-electron chi connectivity index (χ4n) is 1.07. The molecule has 0 unspecified atom stereocenters. The highest BCUT2D eigenvalue weighted by Gasteiger charge is 2.07. The number of carbonyl (C=O) groups is 1. The molecule has 0 saturated heterocycles.